The summed E-state index contributed by atoms with van der Waals surface area (Å²) in [5.41, 5.74) is 0.371. The van der Waals surface area contributed by atoms with Crippen LogP contribution in [0.25, 0.3) is 0 Å². The summed E-state index contributed by atoms with van der Waals surface area (Å²) in [6.45, 7) is 0. The van der Waals surface area contributed by atoms with E-state index in [1.807, 2.05) is 0 Å². The van der Waals surface area contributed by atoms with Gasteiger partial charge in [-0.3, -0.25) is 4.79 Å². The molecule has 0 radical (unpaired) electrons. The van der Waals surface area contributed by atoms with Crippen molar-refractivity contribution in [2.24, 2.45) is 0 Å². The fourth-order valence-electron chi connectivity index (χ4n) is 1.11. The third-order valence-corrected chi connectivity index (χ3v) is 3.02. The summed E-state index contributed by atoms with van der Waals surface area (Å²) in [5, 5.41) is 8.78. The van der Waals surface area contributed by atoms with E-state index in [4.69, 9.17) is 16.7 Å². The largest absolute Gasteiger partial charge is 0.481 e. The number of carbonyl (C=O) groups is 1. The second kappa shape index (κ2) is 4.20. The predicted octanol–water partition coefficient (Wildman–Crippen LogP) is 1.37. The predicted molar refractivity (Wildman–Crippen MR) is 55.9 cm³/mol. The number of halogens is 1. The zero-order chi connectivity index (χ0) is 11.6. The summed E-state index contributed by atoms with van der Waals surface area (Å²) in [5.74, 6) is -1.03. The second-order valence-electron chi connectivity index (χ2n) is 3.14. The number of rotatable bonds is 3. The first-order chi connectivity index (χ1) is 6.79. The molecular formula is C9H9ClO4S. The molecule has 6 heteroatoms. The van der Waals surface area contributed by atoms with Crippen LogP contribution >= 0.6 is 11.6 Å². The van der Waals surface area contributed by atoms with Gasteiger partial charge in [0.05, 0.1) is 11.3 Å². The number of hydrogen-bond donors (Lipinski definition) is 1. The quantitative estimate of drug-likeness (QED) is 0.877. The van der Waals surface area contributed by atoms with Crippen LogP contribution < -0.4 is 0 Å². The van der Waals surface area contributed by atoms with Crippen molar-refractivity contribution in [3.63, 3.8) is 0 Å². The monoisotopic (exact) mass is 248 g/mol. The van der Waals surface area contributed by atoms with Crippen LogP contribution in [-0.2, 0) is 21.1 Å². The molecule has 0 saturated heterocycles. The van der Waals surface area contributed by atoms with Crippen LogP contribution in [0.1, 0.15) is 5.56 Å². The topological polar surface area (TPSA) is 71.4 Å². The van der Waals surface area contributed by atoms with E-state index in [0.717, 1.165) is 6.26 Å². The number of benzene rings is 1. The Labute approximate surface area is 92.4 Å². The molecule has 0 fully saturated rings. The van der Waals surface area contributed by atoms with Crippen LogP contribution in [0, 0.1) is 0 Å². The Bertz CT molecular complexity index is 493. The van der Waals surface area contributed by atoms with Crippen molar-refractivity contribution >= 4 is 27.4 Å². The van der Waals surface area contributed by atoms with Gasteiger partial charge in [-0.25, -0.2) is 8.42 Å². The van der Waals surface area contributed by atoms with E-state index in [1.54, 1.807) is 0 Å². The molecule has 0 amide bonds. The van der Waals surface area contributed by atoms with Gasteiger partial charge < -0.3 is 5.11 Å². The average Bonchev–Trinajstić information content (AvgIpc) is 1.99. The van der Waals surface area contributed by atoms with E-state index >= 15 is 0 Å². The molecule has 0 aliphatic heterocycles. The first-order valence-electron chi connectivity index (χ1n) is 4.00. The van der Waals surface area contributed by atoms with Crippen molar-refractivity contribution in [2.45, 2.75) is 11.3 Å². The Kier molecular flexibility index (Phi) is 3.36. The van der Waals surface area contributed by atoms with E-state index < -0.39 is 15.8 Å². The number of sulfone groups is 1. The molecule has 0 atom stereocenters. The molecule has 4 nitrogen and oxygen atoms in total. The van der Waals surface area contributed by atoms with Crippen LogP contribution in [-0.4, -0.2) is 25.7 Å². The molecule has 0 saturated carbocycles. The normalized spacial score (nSPS) is 11.3. The minimum Gasteiger partial charge on any atom is -0.481 e. The highest BCUT2D eigenvalue weighted by atomic mass is 35.5. The molecule has 0 unspecified atom stereocenters. The Hall–Kier alpha value is -1.07. The first kappa shape index (κ1) is 12.0. The van der Waals surface area contributed by atoms with Gasteiger partial charge >= 0.3 is 5.97 Å². The van der Waals surface area contributed by atoms with E-state index in [9.17, 15) is 13.2 Å². The van der Waals surface area contributed by atoms with Crippen molar-refractivity contribution in [1.29, 1.82) is 0 Å². The van der Waals surface area contributed by atoms with E-state index in [1.165, 1.54) is 18.2 Å². The summed E-state index contributed by atoms with van der Waals surface area (Å²) < 4.78 is 22.4. The van der Waals surface area contributed by atoms with Gasteiger partial charge in [-0.15, -0.1) is 0 Å². The Morgan fingerprint density at radius 1 is 1.40 bits per heavy atom. The maximum atomic E-state index is 11.2. The highest BCUT2D eigenvalue weighted by Gasteiger charge is 2.11. The zero-order valence-corrected chi connectivity index (χ0v) is 9.47. The van der Waals surface area contributed by atoms with E-state index in [2.05, 4.69) is 0 Å². The lowest BCUT2D eigenvalue weighted by molar-refractivity contribution is -0.136. The third kappa shape index (κ3) is 3.53. The molecule has 1 aromatic carbocycles. The Morgan fingerprint density at radius 2 is 2.00 bits per heavy atom. The molecule has 0 aliphatic rings. The fourth-order valence-corrected chi connectivity index (χ4v) is 2.14. The molecule has 0 spiro atoms. The van der Waals surface area contributed by atoms with Gasteiger partial charge in [0.25, 0.3) is 0 Å². The van der Waals surface area contributed by atoms with Crippen LogP contribution in [0.2, 0.25) is 5.02 Å². The molecule has 0 aliphatic carbocycles. The van der Waals surface area contributed by atoms with Gasteiger partial charge in [-0.05, 0) is 23.8 Å². The molecule has 1 N–H and O–H groups in total. The highest BCUT2D eigenvalue weighted by molar-refractivity contribution is 7.90. The molecule has 1 rings (SSSR count). The average molecular weight is 249 g/mol. The number of aliphatic carboxylic acids is 1. The minimum absolute atomic E-state index is 0.0336. The van der Waals surface area contributed by atoms with Crippen molar-refractivity contribution in [3.8, 4) is 0 Å². The van der Waals surface area contributed by atoms with Gasteiger partial charge in [0.15, 0.2) is 9.84 Å². The summed E-state index contributed by atoms with van der Waals surface area (Å²) >= 11 is 5.68. The minimum atomic E-state index is -3.36. The molecule has 0 bridgehead atoms. The lowest BCUT2D eigenvalue weighted by Crippen LogP contribution is -2.03. The zero-order valence-electron chi connectivity index (χ0n) is 7.90. The fraction of sp³-hybridized carbons (Fsp3) is 0.222. The van der Waals surface area contributed by atoms with Crippen LogP contribution in [0.4, 0.5) is 0 Å². The second-order valence-corrected chi connectivity index (χ2v) is 5.59. The van der Waals surface area contributed by atoms with Gasteiger partial charge in [0.2, 0.25) is 0 Å². The van der Waals surface area contributed by atoms with Crippen molar-refractivity contribution in [1.82, 2.24) is 0 Å². The van der Waals surface area contributed by atoms with Gasteiger partial charge in [0.1, 0.15) is 0 Å². The number of carboxylic acids is 1. The van der Waals surface area contributed by atoms with Gasteiger partial charge in [-0.1, -0.05) is 11.6 Å². The summed E-state index contributed by atoms with van der Waals surface area (Å²) in [6, 6.07) is 4.04. The summed E-state index contributed by atoms with van der Waals surface area (Å²) in [6.07, 6.45) is 0.798. The molecule has 15 heavy (non-hydrogen) atoms. The highest BCUT2D eigenvalue weighted by Crippen LogP contribution is 2.19. The maximum Gasteiger partial charge on any atom is 0.307 e. The SMILES string of the molecule is CS(=O)(=O)c1cc(Cl)cc(CC(=O)O)c1. The third-order valence-electron chi connectivity index (χ3n) is 1.71. The molecular weight excluding hydrogens is 240 g/mol. The smallest absolute Gasteiger partial charge is 0.307 e. The van der Waals surface area contributed by atoms with Crippen molar-refractivity contribution in [3.05, 3.63) is 28.8 Å². The van der Waals surface area contributed by atoms with Crippen molar-refractivity contribution in [2.75, 3.05) is 6.26 Å². The Balaban J connectivity index is 3.23. The number of carboxylic acid groups (broad SMARTS) is 1. The van der Waals surface area contributed by atoms with Crippen LogP contribution in [0.5, 0.6) is 0 Å². The summed E-state index contributed by atoms with van der Waals surface area (Å²) in [7, 11) is -3.36. The standard InChI is InChI=1S/C9H9ClO4S/c1-15(13,14)8-3-6(4-9(11)12)2-7(10)5-8/h2-3,5H,4H2,1H3,(H,11,12). The number of hydrogen-bond acceptors (Lipinski definition) is 3. The lowest BCUT2D eigenvalue weighted by atomic mass is 10.1. The first-order valence-corrected chi connectivity index (χ1v) is 6.27. The molecule has 82 valence electrons. The Morgan fingerprint density at radius 3 is 2.47 bits per heavy atom. The molecule has 0 aromatic heterocycles. The van der Waals surface area contributed by atoms with Crippen LogP contribution in [0.15, 0.2) is 23.1 Å². The van der Waals surface area contributed by atoms with E-state index in [0.29, 0.717) is 5.56 Å². The molecule has 0 heterocycles. The molecule has 1 aromatic rings. The van der Waals surface area contributed by atoms with Crippen molar-refractivity contribution < 1.29 is 18.3 Å². The summed E-state index contributed by atoms with van der Waals surface area (Å²) in [4.78, 5) is 10.5. The van der Waals surface area contributed by atoms with Gasteiger partial charge in [-0.2, -0.15) is 0 Å². The lowest BCUT2D eigenvalue weighted by Gasteiger charge is -2.03. The van der Waals surface area contributed by atoms with E-state index in [-0.39, 0.29) is 16.3 Å². The van der Waals surface area contributed by atoms with Crippen LogP contribution in [0.3, 0.4) is 0 Å². The van der Waals surface area contributed by atoms with Gasteiger partial charge in [0, 0.05) is 11.3 Å². The maximum absolute atomic E-state index is 11.2.